The fourth-order valence-corrected chi connectivity index (χ4v) is 2.12. The van der Waals surface area contributed by atoms with Gasteiger partial charge in [0.05, 0.1) is 6.07 Å². The minimum Gasteiger partial charge on any atom is -0.482 e. The molecule has 2 aromatic rings. The van der Waals surface area contributed by atoms with Gasteiger partial charge in [-0.3, -0.25) is 0 Å². The van der Waals surface area contributed by atoms with Crippen molar-refractivity contribution in [3.63, 3.8) is 0 Å². The predicted octanol–water partition coefficient (Wildman–Crippen LogP) is 1.72. The minimum atomic E-state index is -0.445. The molecule has 0 aliphatic rings. The molecule has 0 saturated carbocycles. The number of halogens is 1. The van der Waals surface area contributed by atoms with E-state index in [4.69, 9.17) is 15.8 Å². The molecular weight excluding hydrogens is 281 g/mol. The van der Waals surface area contributed by atoms with Crippen LogP contribution in [0, 0.1) is 17.1 Å². The normalized spacial score (nSPS) is 10.2. The van der Waals surface area contributed by atoms with Gasteiger partial charge in [-0.05, 0) is 12.1 Å². The highest BCUT2D eigenvalue weighted by molar-refractivity contribution is 7.99. The summed E-state index contributed by atoms with van der Waals surface area (Å²) in [6, 6.07) is 8.12. The molecule has 0 bridgehead atoms. The highest BCUT2D eigenvalue weighted by Gasteiger charge is 2.11. The van der Waals surface area contributed by atoms with Crippen molar-refractivity contribution in [2.45, 2.75) is 18.2 Å². The van der Waals surface area contributed by atoms with Crippen molar-refractivity contribution in [2.24, 2.45) is 0 Å². The molecule has 8 heteroatoms. The molecule has 0 unspecified atom stereocenters. The highest BCUT2D eigenvalue weighted by Crippen LogP contribution is 2.18. The molecule has 2 N–H and O–H groups in total. The molecular formula is C12H12FN5OS. The van der Waals surface area contributed by atoms with Gasteiger partial charge < -0.3 is 10.6 Å². The first-order valence-corrected chi connectivity index (χ1v) is 6.77. The summed E-state index contributed by atoms with van der Waals surface area (Å²) in [5, 5.41) is 16.7. The van der Waals surface area contributed by atoms with Crippen molar-refractivity contribution in [3.8, 4) is 11.8 Å². The molecule has 104 valence electrons. The number of hydrogen-bond acceptors (Lipinski definition) is 6. The maximum absolute atomic E-state index is 13.4. The Hall–Kier alpha value is -2.27. The zero-order chi connectivity index (χ0) is 14.4. The van der Waals surface area contributed by atoms with Crippen molar-refractivity contribution in [2.75, 3.05) is 11.6 Å². The average Bonchev–Trinajstić information content (AvgIpc) is 2.80. The summed E-state index contributed by atoms with van der Waals surface area (Å²) in [5.74, 6) is 6.46. The van der Waals surface area contributed by atoms with Gasteiger partial charge in [-0.1, -0.05) is 23.9 Å². The van der Waals surface area contributed by atoms with Crippen LogP contribution in [-0.2, 0) is 6.61 Å². The Morgan fingerprint density at radius 3 is 2.95 bits per heavy atom. The van der Waals surface area contributed by atoms with E-state index in [1.54, 1.807) is 12.1 Å². The average molecular weight is 293 g/mol. The van der Waals surface area contributed by atoms with E-state index in [1.807, 2.05) is 6.07 Å². The number of para-hydroxylation sites is 1. The summed E-state index contributed by atoms with van der Waals surface area (Å²) in [6.07, 6.45) is 0.401. The van der Waals surface area contributed by atoms with E-state index in [-0.39, 0.29) is 12.4 Å². The quantitative estimate of drug-likeness (QED) is 0.495. The highest BCUT2D eigenvalue weighted by atomic mass is 32.2. The van der Waals surface area contributed by atoms with Crippen LogP contribution in [0.25, 0.3) is 0 Å². The first-order valence-electron chi connectivity index (χ1n) is 5.79. The number of aromatic nitrogens is 3. The molecule has 0 aliphatic carbocycles. The molecule has 1 aromatic heterocycles. The number of rotatable bonds is 6. The van der Waals surface area contributed by atoms with Crippen molar-refractivity contribution in [1.29, 1.82) is 5.26 Å². The molecule has 1 aromatic carbocycles. The molecule has 0 radical (unpaired) electrons. The predicted molar refractivity (Wildman–Crippen MR) is 71.9 cm³/mol. The number of benzene rings is 1. The van der Waals surface area contributed by atoms with Crippen LogP contribution in [0.3, 0.4) is 0 Å². The zero-order valence-electron chi connectivity index (χ0n) is 10.5. The lowest BCUT2D eigenvalue weighted by Crippen LogP contribution is -2.16. The van der Waals surface area contributed by atoms with Gasteiger partial charge in [0, 0.05) is 12.2 Å². The van der Waals surface area contributed by atoms with Gasteiger partial charge in [-0.15, -0.1) is 10.2 Å². The Labute approximate surface area is 119 Å². The summed E-state index contributed by atoms with van der Waals surface area (Å²) >= 11 is 1.33. The lowest BCUT2D eigenvalue weighted by molar-refractivity contribution is 0.277. The number of ether oxygens (including phenoxy) is 1. The molecule has 20 heavy (non-hydrogen) atoms. The van der Waals surface area contributed by atoms with Gasteiger partial charge >= 0.3 is 0 Å². The zero-order valence-corrected chi connectivity index (χ0v) is 11.3. The van der Waals surface area contributed by atoms with Gasteiger partial charge in [0.1, 0.15) is 6.61 Å². The second kappa shape index (κ2) is 6.77. The van der Waals surface area contributed by atoms with E-state index in [2.05, 4.69) is 10.2 Å². The van der Waals surface area contributed by atoms with Gasteiger partial charge in [0.15, 0.2) is 17.4 Å². The van der Waals surface area contributed by atoms with Crippen LogP contribution in [-0.4, -0.2) is 20.6 Å². The number of nitrogens with zero attached hydrogens (tertiary/aromatic N) is 4. The summed E-state index contributed by atoms with van der Waals surface area (Å²) < 4.78 is 20.0. The van der Waals surface area contributed by atoms with Crippen molar-refractivity contribution < 1.29 is 9.13 Å². The van der Waals surface area contributed by atoms with Gasteiger partial charge in [0.25, 0.3) is 0 Å². The molecule has 0 aliphatic heterocycles. The van der Waals surface area contributed by atoms with Crippen LogP contribution in [0.1, 0.15) is 12.2 Å². The molecule has 0 spiro atoms. The van der Waals surface area contributed by atoms with E-state index in [1.165, 1.54) is 28.6 Å². The standard InChI is InChI=1S/C12H12FN5OS/c13-9-4-1-2-5-10(9)19-8-11-16-17-12(18(11)15)20-7-3-6-14/h1-2,4-5H,3,7-8,15H2. The number of nitrogens with two attached hydrogens (primary N) is 1. The van der Waals surface area contributed by atoms with Crippen molar-refractivity contribution in [1.82, 2.24) is 14.9 Å². The molecule has 1 heterocycles. The molecule has 0 amide bonds. The van der Waals surface area contributed by atoms with Crippen molar-refractivity contribution >= 4 is 11.8 Å². The third-order valence-electron chi connectivity index (χ3n) is 2.37. The van der Waals surface area contributed by atoms with E-state index < -0.39 is 5.82 Å². The topological polar surface area (TPSA) is 89.8 Å². The molecule has 0 fully saturated rings. The number of hydrogen-bond donors (Lipinski definition) is 1. The Kier molecular flexibility index (Phi) is 4.79. The van der Waals surface area contributed by atoms with Crippen molar-refractivity contribution in [3.05, 3.63) is 35.9 Å². The lowest BCUT2D eigenvalue weighted by Gasteiger charge is -2.06. The lowest BCUT2D eigenvalue weighted by atomic mass is 10.3. The summed E-state index contributed by atoms with van der Waals surface area (Å²) in [7, 11) is 0. The number of nitrogen functional groups attached to an aromatic ring is 1. The van der Waals surface area contributed by atoms with Crippen LogP contribution < -0.4 is 10.6 Å². The smallest absolute Gasteiger partial charge is 0.209 e. The van der Waals surface area contributed by atoms with E-state index in [0.717, 1.165) is 0 Å². The molecule has 6 nitrogen and oxygen atoms in total. The first kappa shape index (κ1) is 14.1. The Balaban J connectivity index is 1.97. The Bertz CT molecular complexity index is 625. The van der Waals surface area contributed by atoms with Crippen LogP contribution in [0.4, 0.5) is 4.39 Å². The minimum absolute atomic E-state index is 0.0171. The monoisotopic (exact) mass is 293 g/mol. The van der Waals surface area contributed by atoms with Gasteiger partial charge in [-0.2, -0.15) is 5.26 Å². The number of thioether (sulfide) groups is 1. The second-order valence-corrected chi connectivity index (χ2v) is 4.81. The SMILES string of the molecule is N#CCCSc1nnc(COc2ccccc2F)n1N. The molecule has 2 rings (SSSR count). The van der Waals surface area contributed by atoms with Gasteiger partial charge in [0.2, 0.25) is 5.16 Å². The fraction of sp³-hybridized carbons (Fsp3) is 0.250. The van der Waals surface area contributed by atoms with E-state index >= 15 is 0 Å². The second-order valence-electron chi connectivity index (χ2n) is 3.74. The summed E-state index contributed by atoms with van der Waals surface area (Å²) in [5.41, 5.74) is 0. The largest absolute Gasteiger partial charge is 0.482 e. The number of nitriles is 1. The first-order chi connectivity index (χ1) is 9.72. The third-order valence-corrected chi connectivity index (χ3v) is 3.32. The maximum atomic E-state index is 13.4. The van der Waals surface area contributed by atoms with Crippen LogP contribution in [0.5, 0.6) is 5.75 Å². The Morgan fingerprint density at radius 2 is 2.20 bits per heavy atom. The van der Waals surface area contributed by atoms with Crippen LogP contribution in [0.2, 0.25) is 0 Å². The Morgan fingerprint density at radius 1 is 1.40 bits per heavy atom. The third kappa shape index (κ3) is 3.39. The molecule has 0 atom stereocenters. The summed E-state index contributed by atoms with van der Waals surface area (Å²) in [6.45, 7) is 0.0171. The maximum Gasteiger partial charge on any atom is 0.209 e. The van der Waals surface area contributed by atoms with Gasteiger partial charge in [-0.25, -0.2) is 9.07 Å². The molecule has 0 saturated heterocycles. The van der Waals surface area contributed by atoms with Crippen LogP contribution >= 0.6 is 11.8 Å². The fourth-order valence-electron chi connectivity index (χ4n) is 1.40. The van der Waals surface area contributed by atoms with Crippen LogP contribution in [0.15, 0.2) is 29.4 Å². The van der Waals surface area contributed by atoms with E-state index in [9.17, 15) is 4.39 Å². The summed E-state index contributed by atoms with van der Waals surface area (Å²) in [4.78, 5) is 0. The van der Waals surface area contributed by atoms with E-state index in [0.29, 0.717) is 23.2 Å².